The minimum Gasteiger partial charge on any atom is -0.305 e. The lowest BCUT2D eigenvalue weighted by atomic mass is 10.1. The monoisotopic (exact) mass is 291 g/mol. The maximum atomic E-state index is 4.38. The molecule has 2 rings (SSSR count). The van der Waals surface area contributed by atoms with Crippen LogP contribution in [0.2, 0.25) is 0 Å². The zero-order valence-electron chi connectivity index (χ0n) is 9.60. The summed E-state index contributed by atoms with van der Waals surface area (Å²) in [4.78, 5) is 8.39. The summed E-state index contributed by atoms with van der Waals surface area (Å²) >= 11 is 3.37. The van der Waals surface area contributed by atoms with Gasteiger partial charge in [-0.2, -0.15) is 0 Å². The molecule has 0 spiro atoms. The molecule has 0 saturated heterocycles. The summed E-state index contributed by atoms with van der Waals surface area (Å²) in [5.74, 6) is 0. The number of nitrogens with one attached hydrogen (secondary N) is 1. The lowest BCUT2D eigenvalue weighted by Crippen LogP contribution is -2.18. The average molecular weight is 292 g/mol. The van der Waals surface area contributed by atoms with Gasteiger partial charge < -0.3 is 5.32 Å². The maximum absolute atomic E-state index is 4.38. The third-order valence-corrected chi connectivity index (χ3v) is 3.01. The standard InChI is InChI=1S/C13H14BrN3/c1-10(11-5-7-15-8-6-11)16-9-12-3-2-4-13(14)17-12/h2-8,10,16H,9H2,1H3. The van der Waals surface area contributed by atoms with Gasteiger partial charge in [0.1, 0.15) is 4.60 Å². The molecule has 4 heteroatoms. The second kappa shape index (κ2) is 5.89. The van der Waals surface area contributed by atoms with Crippen LogP contribution in [-0.4, -0.2) is 9.97 Å². The van der Waals surface area contributed by atoms with E-state index in [1.807, 2.05) is 42.7 Å². The molecule has 0 aliphatic heterocycles. The fraction of sp³-hybridized carbons (Fsp3) is 0.231. The molecule has 0 amide bonds. The van der Waals surface area contributed by atoms with Crippen LogP contribution in [-0.2, 0) is 6.54 Å². The van der Waals surface area contributed by atoms with Crippen molar-refractivity contribution in [2.45, 2.75) is 19.5 Å². The fourth-order valence-electron chi connectivity index (χ4n) is 1.58. The smallest absolute Gasteiger partial charge is 0.106 e. The largest absolute Gasteiger partial charge is 0.305 e. The van der Waals surface area contributed by atoms with E-state index in [0.29, 0.717) is 6.04 Å². The Morgan fingerprint density at radius 1 is 1.24 bits per heavy atom. The van der Waals surface area contributed by atoms with Gasteiger partial charge in [0.15, 0.2) is 0 Å². The van der Waals surface area contributed by atoms with Crippen molar-refractivity contribution in [1.82, 2.24) is 15.3 Å². The van der Waals surface area contributed by atoms with E-state index in [0.717, 1.165) is 16.8 Å². The number of halogens is 1. The van der Waals surface area contributed by atoms with Crippen LogP contribution in [0.15, 0.2) is 47.3 Å². The second-order valence-electron chi connectivity index (χ2n) is 3.83. The molecule has 0 bridgehead atoms. The Balaban J connectivity index is 1.95. The van der Waals surface area contributed by atoms with Gasteiger partial charge in [-0.25, -0.2) is 4.98 Å². The van der Waals surface area contributed by atoms with E-state index in [4.69, 9.17) is 0 Å². The number of hydrogen-bond donors (Lipinski definition) is 1. The van der Waals surface area contributed by atoms with Crippen molar-refractivity contribution in [1.29, 1.82) is 0 Å². The molecule has 88 valence electrons. The van der Waals surface area contributed by atoms with Gasteiger partial charge in [-0.3, -0.25) is 4.98 Å². The molecule has 2 aromatic heterocycles. The molecule has 0 radical (unpaired) electrons. The van der Waals surface area contributed by atoms with E-state index in [1.165, 1.54) is 5.56 Å². The number of hydrogen-bond acceptors (Lipinski definition) is 3. The molecule has 1 unspecified atom stereocenters. The molecule has 1 atom stereocenters. The first-order valence-electron chi connectivity index (χ1n) is 5.50. The molecular weight excluding hydrogens is 278 g/mol. The molecule has 0 aliphatic carbocycles. The summed E-state index contributed by atoms with van der Waals surface area (Å²) < 4.78 is 0.869. The fourth-order valence-corrected chi connectivity index (χ4v) is 1.96. The lowest BCUT2D eigenvalue weighted by Gasteiger charge is -2.13. The lowest BCUT2D eigenvalue weighted by molar-refractivity contribution is 0.567. The molecule has 3 nitrogen and oxygen atoms in total. The van der Waals surface area contributed by atoms with E-state index in [1.54, 1.807) is 0 Å². The Morgan fingerprint density at radius 2 is 2.00 bits per heavy atom. The number of aromatic nitrogens is 2. The number of pyridine rings is 2. The average Bonchev–Trinajstić information content (AvgIpc) is 2.37. The molecule has 2 aromatic rings. The SMILES string of the molecule is CC(NCc1cccc(Br)n1)c1ccncc1. The first-order chi connectivity index (χ1) is 8.25. The highest BCUT2D eigenvalue weighted by Crippen LogP contribution is 2.12. The highest BCUT2D eigenvalue weighted by atomic mass is 79.9. The highest BCUT2D eigenvalue weighted by molar-refractivity contribution is 9.10. The van der Waals surface area contributed by atoms with Gasteiger partial charge in [0.05, 0.1) is 5.69 Å². The quantitative estimate of drug-likeness (QED) is 0.880. The van der Waals surface area contributed by atoms with Gasteiger partial charge in [-0.15, -0.1) is 0 Å². The highest BCUT2D eigenvalue weighted by Gasteiger charge is 2.04. The number of nitrogens with zero attached hydrogens (tertiary/aromatic N) is 2. The van der Waals surface area contributed by atoms with Gasteiger partial charge >= 0.3 is 0 Å². The molecule has 0 fully saturated rings. The summed E-state index contributed by atoms with van der Waals surface area (Å²) in [7, 11) is 0. The predicted molar refractivity (Wildman–Crippen MR) is 71.4 cm³/mol. The van der Waals surface area contributed by atoms with Gasteiger partial charge in [-0.1, -0.05) is 6.07 Å². The van der Waals surface area contributed by atoms with E-state index in [9.17, 15) is 0 Å². The zero-order valence-corrected chi connectivity index (χ0v) is 11.2. The van der Waals surface area contributed by atoms with Crippen LogP contribution in [0.1, 0.15) is 24.2 Å². The Labute approximate surface area is 109 Å². The van der Waals surface area contributed by atoms with Gasteiger partial charge in [0, 0.05) is 25.0 Å². The van der Waals surface area contributed by atoms with Crippen molar-refractivity contribution >= 4 is 15.9 Å². The van der Waals surface area contributed by atoms with E-state index >= 15 is 0 Å². The van der Waals surface area contributed by atoms with Crippen LogP contribution in [0, 0.1) is 0 Å². The van der Waals surface area contributed by atoms with Crippen molar-refractivity contribution in [2.24, 2.45) is 0 Å². The first-order valence-corrected chi connectivity index (χ1v) is 6.30. The van der Waals surface area contributed by atoms with Crippen LogP contribution < -0.4 is 5.32 Å². The first kappa shape index (κ1) is 12.2. The molecule has 2 heterocycles. The molecular formula is C13H14BrN3. The van der Waals surface area contributed by atoms with Crippen molar-refractivity contribution in [3.05, 3.63) is 58.6 Å². The summed E-state index contributed by atoms with van der Waals surface area (Å²) in [5, 5.41) is 3.43. The van der Waals surface area contributed by atoms with Crippen molar-refractivity contribution in [2.75, 3.05) is 0 Å². The summed E-state index contributed by atoms with van der Waals surface area (Å²) in [6.07, 6.45) is 3.62. The van der Waals surface area contributed by atoms with Gasteiger partial charge in [0.25, 0.3) is 0 Å². The zero-order chi connectivity index (χ0) is 12.1. The summed E-state index contributed by atoms with van der Waals surface area (Å²) in [5.41, 5.74) is 2.26. The van der Waals surface area contributed by atoms with Crippen molar-refractivity contribution in [3.63, 3.8) is 0 Å². The minimum atomic E-state index is 0.291. The topological polar surface area (TPSA) is 37.8 Å². The Hall–Kier alpha value is -1.26. The Bertz CT molecular complexity index is 473. The molecule has 1 N–H and O–H groups in total. The van der Waals surface area contributed by atoms with Crippen LogP contribution in [0.3, 0.4) is 0 Å². The Kier molecular flexibility index (Phi) is 4.23. The van der Waals surface area contributed by atoms with Gasteiger partial charge in [0.2, 0.25) is 0 Å². The molecule has 0 saturated carbocycles. The maximum Gasteiger partial charge on any atom is 0.106 e. The minimum absolute atomic E-state index is 0.291. The normalized spacial score (nSPS) is 12.4. The van der Waals surface area contributed by atoms with E-state index in [-0.39, 0.29) is 0 Å². The molecule has 0 aromatic carbocycles. The molecule has 17 heavy (non-hydrogen) atoms. The van der Waals surface area contributed by atoms with Crippen molar-refractivity contribution in [3.8, 4) is 0 Å². The van der Waals surface area contributed by atoms with E-state index < -0.39 is 0 Å². The van der Waals surface area contributed by atoms with Crippen LogP contribution >= 0.6 is 15.9 Å². The summed E-state index contributed by atoms with van der Waals surface area (Å²) in [6, 6.07) is 10.3. The van der Waals surface area contributed by atoms with Crippen LogP contribution in [0.25, 0.3) is 0 Å². The van der Waals surface area contributed by atoms with E-state index in [2.05, 4.69) is 38.1 Å². The third kappa shape index (κ3) is 3.61. The van der Waals surface area contributed by atoms with Crippen LogP contribution in [0.4, 0.5) is 0 Å². The van der Waals surface area contributed by atoms with Crippen LogP contribution in [0.5, 0.6) is 0 Å². The summed E-state index contributed by atoms with van der Waals surface area (Å²) in [6.45, 7) is 2.89. The second-order valence-corrected chi connectivity index (χ2v) is 4.65. The van der Waals surface area contributed by atoms with Gasteiger partial charge in [-0.05, 0) is 52.7 Å². The number of rotatable bonds is 4. The Morgan fingerprint density at radius 3 is 2.71 bits per heavy atom. The predicted octanol–water partition coefficient (Wildman–Crippen LogP) is 3.09. The third-order valence-electron chi connectivity index (χ3n) is 2.57. The molecule has 0 aliphatic rings. The van der Waals surface area contributed by atoms with Crippen molar-refractivity contribution < 1.29 is 0 Å².